The summed E-state index contributed by atoms with van der Waals surface area (Å²) < 4.78 is 11.5. The van der Waals surface area contributed by atoms with Crippen molar-refractivity contribution in [2.75, 3.05) is 64.3 Å². The smallest absolute Gasteiger partial charge is 0.227 e. The number of thiophene rings is 1. The zero-order chi connectivity index (χ0) is 30.2. The Kier molecular flexibility index (Phi) is 10.1. The molecule has 2 N–H and O–H groups in total. The van der Waals surface area contributed by atoms with Crippen molar-refractivity contribution in [2.45, 2.75) is 19.3 Å². The molecule has 5 rings (SSSR count). The van der Waals surface area contributed by atoms with Gasteiger partial charge >= 0.3 is 0 Å². The van der Waals surface area contributed by atoms with Gasteiger partial charge in [0.05, 0.1) is 29.9 Å². The predicted octanol–water partition coefficient (Wildman–Crippen LogP) is 6.04. The molecule has 9 nitrogen and oxygen atoms in total. The van der Waals surface area contributed by atoms with Crippen LogP contribution in [0.3, 0.4) is 0 Å². The first-order valence-corrected chi connectivity index (χ1v) is 15.4. The number of anilines is 3. The van der Waals surface area contributed by atoms with Crippen LogP contribution in [0.1, 0.15) is 24.8 Å². The zero-order valence-electron chi connectivity index (χ0n) is 24.9. The van der Waals surface area contributed by atoms with Crippen molar-refractivity contribution in [1.29, 1.82) is 5.26 Å². The van der Waals surface area contributed by atoms with E-state index in [-0.39, 0.29) is 0 Å². The van der Waals surface area contributed by atoms with Crippen molar-refractivity contribution < 1.29 is 14.6 Å². The number of likely N-dealkylation sites (tertiary alicyclic amines) is 1. The fourth-order valence-corrected chi connectivity index (χ4v) is 6.45. The van der Waals surface area contributed by atoms with Gasteiger partial charge in [0.1, 0.15) is 22.6 Å². The number of rotatable bonds is 12. The number of piperidine rings is 1. The summed E-state index contributed by atoms with van der Waals surface area (Å²) in [6, 6.07) is 19.8. The fraction of sp³-hybridized carbons (Fsp3) is 0.364. The summed E-state index contributed by atoms with van der Waals surface area (Å²) >= 11 is 1.53. The molecule has 1 saturated heterocycles. The van der Waals surface area contributed by atoms with Crippen LogP contribution < -0.4 is 19.7 Å². The third-order valence-electron chi connectivity index (χ3n) is 7.60. The summed E-state index contributed by atoms with van der Waals surface area (Å²) in [5.74, 6) is 2.42. The molecule has 1 aliphatic rings. The van der Waals surface area contributed by atoms with Gasteiger partial charge in [0.25, 0.3) is 0 Å². The Morgan fingerprint density at radius 3 is 2.65 bits per heavy atom. The highest BCUT2D eigenvalue weighted by Crippen LogP contribution is 2.46. The van der Waals surface area contributed by atoms with E-state index < -0.39 is 0 Å². The highest BCUT2D eigenvalue weighted by molar-refractivity contribution is 7.20. The molecule has 0 saturated carbocycles. The molecule has 0 bridgehead atoms. The first kappa shape index (κ1) is 30.3. The quantitative estimate of drug-likeness (QED) is 0.189. The van der Waals surface area contributed by atoms with Gasteiger partial charge in [-0.3, -0.25) is 0 Å². The first-order chi connectivity index (χ1) is 21.0. The SMILES string of the molecule is COc1cccc(-c2c(-c3ccnc(Nc4cccc(OCCCN5CCC(CO)CC5)c4)n3)sc(N(C)C)c2C#N)c1. The minimum atomic E-state index is 0.300. The zero-order valence-corrected chi connectivity index (χ0v) is 25.7. The highest BCUT2D eigenvalue weighted by Gasteiger charge is 2.23. The molecular weight excluding hydrogens is 560 g/mol. The number of nitriles is 1. The van der Waals surface area contributed by atoms with Gasteiger partial charge in [0.15, 0.2) is 0 Å². The summed E-state index contributed by atoms with van der Waals surface area (Å²) in [6.07, 6.45) is 4.81. The molecule has 1 aliphatic heterocycles. The number of nitrogens with one attached hydrogen (secondary N) is 1. The summed E-state index contributed by atoms with van der Waals surface area (Å²) in [4.78, 5) is 14.6. The van der Waals surface area contributed by atoms with Crippen LogP contribution in [-0.4, -0.2) is 74.0 Å². The second kappa shape index (κ2) is 14.3. The minimum absolute atomic E-state index is 0.300. The Morgan fingerprint density at radius 2 is 1.91 bits per heavy atom. The van der Waals surface area contributed by atoms with Crippen LogP contribution in [-0.2, 0) is 0 Å². The van der Waals surface area contributed by atoms with Gasteiger partial charge in [-0.15, -0.1) is 11.3 Å². The molecule has 10 heteroatoms. The van der Waals surface area contributed by atoms with Crippen LogP contribution >= 0.6 is 11.3 Å². The van der Waals surface area contributed by atoms with Crippen LogP contribution in [0.15, 0.2) is 60.8 Å². The molecule has 0 radical (unpaired) electrons. The second-order valence-electron chi connectivity index (χ2n) is 10.8. The molecule has 4 aromatic rings. The van der Waals surface area contributed by atoms with Crippen molar-refractivity contribution in [3.63, 3.8) is 0 Å². The van der Waals surface area contributed by atoms with Crippen molar-refractivity contribution in [1.82, 2.24) is 14.9 Å². The van der Waals surface area contributed by atoms with E-state index in [1.54, 1.807) is 13.3 Å². The number of aliphatic hydroxyl groups is 1. The Balaban J connectivity index is 1.30. The van der Waals surface area contributed by atoms with Crippen molar-refractivity contribution in [2.24, 2.45) is 5.92 Å². The van der Waals surface area contributed by atoms with E-state index in [9.17, 15) is 10.4 Å². The monoisotopic (exact) mass is 598 g/mol. The molecule has 0 amide bonds. The fourth-order valence-electron chi connectivity index (χ4n) is 5.28. The number of benzene rings is 2. The average Bonchev–Trinajstić information content (AvgIpc) is 3.44. The van der Waals surface area contributed by atoms with E-state index in [0.717, 1.165) is 82.8 Å². The molecule has 2 aromatic heterocycles. The second-order valence-corrected chi connectivity index (χ2v) is 11.8. The van der Waals surface area contributed by atoms with Gasteiger partial charge in [-0.2, -0.15) is 5.26 Å². The first-order valence-electron chi connectivity index (χ1n) is 14.5. The summed E-state index contributed by atoms with van der Waals surface area (Å²) in [5, 5.41) is 23.7. The number of nitrogens with zero attached hydrogens (tertiary/aromatic N) is 5. The number of methoxy groups -OCH3 is 1. The highest BCUT2D eigenvalue weighted by atomic mass is 32.1. The van der Waals surface area contributed by atoms with Gasteiger partial charge in [-0.25, -0.2) is 9.97 Å². The molecule has 0 unspecified atom stereocenters. The van der Waals surface area contributed by atoms with Crippen LogP contribution in [0, 0.1) is 17.2 Å². The Hall–Kier alpha value is -4.17. The predicted molar refractivity (Wildman–Crippen MR) is 172 cm³/mol. The lowest BCUT2D eigenvalue weighted by Crippen LogP contribution is -2.35. The Morgan fingerprint density at radius 1 is 1.12 bits per heavy atom. The number of hydrogen-bond acceptors (Lipinski definition) is 10. The molecular formula is C33H38N6O3S. The minimum Gasteiger partial charge on any atom is -0.497 e. The van der Waals surface area contributed by atoms with Gasteiger partial charge in [0, 0.05) is 50.8 Å². The van der Waals surface area contributed by atoms with Crippen LogP contribution in [0.5, 0.6) is 11.5 Å². The van der Waals surface area contributed by atoms with Crippen LogP contribution in [0.4, 0.5) is 16.6 Å². The van der Waals surface area contributed by atoms with Gasteiger partial charge in [0.2, 0.25) is 5.95 Å². The van der Waals surface area contributed by atoms with E-state index in [0.29, 0.717) is 30.6 Å². The van der Waals surface area contributed by atoms with Crippen LogP contribution in [0.2, 0.25) is 0 Å². The van der Waals surface area contributed by atoms with E-state index in [1.807, 2.05) is 73.6 Å². The molecule has 0 spiro atoms. The van der Waals surface area contributed by atoms with Crippen molar-refractivity contribution in [3.05, 3.63) is 66.4 Å². The summed E-state index contributed by atoms with van der Waals surface area (Å²) in [7, 11) is 5.51. The lowest BCUT2D eigenvalue weighted by molar-refractivity contribution is 0.126. The number of hydrogen-bond donors (Lipinski definition) is 2. The van der Waals surface area contributed by atoms with E-state index in [2.05, 4.69) is 21.3 Å². The third kappa shape index (κ3) is 7.43. The molecule has 3 heterocycles. The van der Waals surface area contributed by atoms with Crippen molar-refractivity contribution >= 4 is 28.0 Å². The lowest BCUT2D eigenvalue weighted by atomic mass is 9.98. The standard InChI is InChI=1S/C33H38N6O3S/c1-38(2)32-28(21-34)30(24-7-4-9-26(19-24)41-3)31(43-32)29-11-14-35-33(37-29)36-25-8-5-10-27(20-25)42-18-6-15-39-16-12-23(22-40)13-17-39/h4-5,7-11,14,19-20,23,40H,6,12-13,15-18,22H2,1-3H3,(H,35,36,37). The maximum absolute atomic E-state index is 10.2. The molecule has 0 atom stereocenters. The number of aromatic nitrogens is 2. The maximum atomic E-state index is 10.2. The number of aliphatic hydroxyl groups excluding tert-OH is 1. The van der Waals surface area contributed by atoms with Gasteiger partial charge in [-0.1, -0.05) is 18.2 Å². The van der Waals surface area contributed by atoms with Crippen molar-refractivity contribution in [3.8, 4) is 39.3 Å². The van der Waals surface area contributed by atoms with E-state index in [1.165, 1.54) is 11.3 Å². The number of ether oxygens (including phenoxy) is 2. The normalized spacial score (nSPS) is 13.8. The maximum Gasteiger partial charge on any atom is 0.227 e. The molecule has 1 fully saturated rings. The third-order valence-corrected chi connectivity index (χ3v) is 8.98. The summed E-state index contributed by atoms with van der Waals surface area (Å²) in [5.41, 5.74) is 3.87. The summed E-state index contributed by atoms with van der Waals surface area (Å²) in [6.45, 7) is 4.03. The lowest BCUT2D eigenvalue weighted by Gasteiger charge is -2.30. The largest absolute Gasteiger partial charge is 0.497 e. The molecule has 224 valence electrons. The molecule has 0 aliphatic carbocycles. The van der Waals surface area contributed by atoms with Crippen LogP contribution in [0.25, 0.3) is 21.7 Å². The molecule has 43 heavy (non-hydrogen) atoms. The van der Waals surface area contributed by atoms with Gasteiger partial charge < -0.3 is 29.7 Å². The van der Waals surface area contributed by atoms with E-state index >= 15 is 0 Å². The average molecular weight is 599 g/mol. The molecule has 2 aromatic carbocycles. The Bertz CT molecular complexity index is 1560. The van der Waals surface area contributed by atoms with E-state index in [4.69, 9.17) is 14.5 Å². The van der Waals surface area contributed by atoms with Gasteiger partial charge in [-0.05, 0) is 74.2 Å². The Labute approximate surface area is 257 Å². The topological polar surface area (TPSA) is 107 Å².